The quantitative estimate of drug-likeness (QED) is 0.909. The predicted molar refractivity (Wildman–Crippen MR) is 87.8 cm³/mol. The molecule has 3 nitrogen and oxygen atoms in total. The van der Waals surface area contributed by atoms with Gasteiger partial charge in [0.2, 0.25) is 0 Å². The summed E-state index contributed by atoms with van der Waals surface area (Å²) >= 11 is 0. The fraction of sp³-hybridized carbons (Fsp3) is 0.647. The Morgan fingerprint density at radius 2 is 1.52 bits per heavy atom. The van der Waals surface area contributed by atoms with Crippen molar-refractivity contribution in [3.05, 3.63) is 35.4 Å². The van der Waals surface area contributed by atoms with Crippen molar-refractivity contribution in [3.8, 4) is 0 Å². The first-order valence-corrected chi connectivity index (χ1v) is 9.87. The minimum absolute atomic E-state index is 0.123. The molecule has 0 unspecified atom stereocenters. The van der Waals surface area contributed by atoms with Gasteiger partial charge < -0.3 is 5.32 Å². The first kappa shape index (κ1) is 16.5. The molecule has 4 heteroatoms. The van der Waals surface area contributed by atoms with E-state index in [1.165, 1.54) is 31.1 Å². The number of benzene rings is 1. The molecule has 0 spiro atoms. The molecule has 1 aliphatic carbocycles. The molecule has 0 radical (unpaired) electrons. The van der Waals surface area contributed by atoms with Gasteiger partial charge in [-0.15, -0.1) is 0 Å². The molecule has 118 valence electrons. The molecular formula is C17H27NO2S. The van der Waals surface area contributed by atoms with Crippen molar-refractivity contribution in [2.24, 2.45) is 11.8 Å². The molecule has 0 amide bonds. The van der Waals surface area contributed by atoms with Crippen molar-refractivity contribution in [3.63, 3.8) is 0 Å². The second kappa shape index (κ2) is 6.93. The van der Waals surface area contributed by atoms with Crippen LogP contribution < -0.4 is 5.32 Å². The second-order valence-electron chi connectivity index (χ2n) is 6.88. The van der Waals surface area contributed by atoms with Crippen molar-refractivity contribution < 1.29 is 8.42 Å². The third kappa shape index (κ3) is 5.79. The Bertz CT molecular complexity index is 541. The van der Waals surface area contributed by atoms with Gasteiger partial charge in [-0.05, 0) is 42.2 Å². The molecule has 0 aliphatic heterocycles. The summed E-state index contributed by atoms with van der Waals surface area (Å²) in [6.45, 7) is 5.54. The first-order chi connectivity index (χ1) is 9.82. The number of sulfone groups is 1. The van der Waals surface area contributed by atoms with Crippen molar-refractivity contribution >= 4 is 9.84 Å². The van der Waals surface area contributed by atoms with E-state index in [-0.39, 0.29) is 5.75 Å². The van der Waals surface area contributed by atoms with Crippen LogP contribution in [0.15, 0.2) is 24.3 Å². The highest BCUT2D eigenvalue weighted by atomic mass is 32.2. The molecule has 0 saturated heterocycles. The summed E-state index contributed by atoms with van der Waals surface area (Å²) in [5, 5.41) is 3.65. The third-order valence-electron chi connectivity index (χ3n) is 4.23. The van der Waals surface area contributed by atoms with E-state index in [0.29, 0.717) is 6.04 Å². The highest BCUT2D eigenvalue weighted by Gasteiger charge is 2.23. The molecule has 2 rings (SSSR count). The Kier molecular flexibility index (Phi) is 5.44. The molecular weight excluding hydrogens is 282 g/mol. The van der Waals surface area contributed by atoms with E-state index < -0.39 is 9.84 Å². The van der Waals surface area contributed by atoms with Gasteiger partial charge in [0, 0.05) is 18.8 Å². The summed E-state index contributed by atoms with van der Waals surface area (Å²) in [6, 6.07) is 8.51. The molecule has 1 fully saturated rings. The van der Waals surface area contributed by atoms with Gasteiger partial charge in [0.05, 0.1) is 5.75 Å². The Hall–Kier alpha value is -0.870. The normalized spacial score (nSPS) is 26.7. The van der Waals surface area contributed by atoms with E-state index in [2.05, 4.69) is 19.2 Å². The SMILES string of the molecule is C[C@H]1CC(NCc2ccc(CS(C)(=O)=O)cc2)C[C@H](C)C1. The van der Waals surface area contributed by atoms with Gasteiger partial charge in [0.25, 0.3) is 0 Å². The van der Waals surface area contributed by atoms with Crippen LogP contribution in [0.2, 0.25) is 0 Å². The van der Waals surface area contributed by atoms with Gasteiger partial charge in [-0.3, -0.25) is 0 Å². The van der Waals surface area contributed by atoms with Crippen molar-refractivity contribution in [2.45, 2.75) is 51.4 Å². The average molecular weight is 309 g/mol. The molecule has 0 heterocycles. The average Bonchev–Trinajstić information content (AvgIpc) is 2.35. The van der Waals surface area contributed by atoms with Crippen LogP contribution in [0.1, 0.15) is 44.2 Å². The fourth-order valence-corrected chi connectivity index (χ4v) is 4.23. The van der Waals surface area contributed by atoms with Crippen molar-refractivity contribution in [1.82, 2.24) is 5.32 Å². The summed E-state index contributed by atoms with van der Waals surface area (Å²) in [7, 11) is -2.95. The van der Waals surface area contributed by atoms with Gasteiger partial charge in [-0.1, -0.05) is 38.1 Å². The number of hydrogen-bond donors (Lipinski definition) is 1. The zero-order valence-electron chi connectivity index (χ0n) is 13.3. The van der Waals surface area contributed by atoms with E-state index >= 15 is 0 Å². The van der Waals surface area contributed by atoms with Crippen LogP contribution in [0, 0.1) is 11.8 Å². The maximum Gasteiger partial charge on any atom is 0.151 e. The lowest BCUT2D eigenvalue weighted by Crippen LogP contribution is -2.35. The molecule has 21 heavy (non-hydrogen) atoms. The Morgan fingerprint density at radius 1 is 1.00 bits per heavy atom. The number of rotatable bonds is 5. The minimum atomic E-state index is -2.95. The largest absolute Gasteiger partial charge is 0.310 e. The van der Waals surface area contributed by atoms with Crippen LogP contribution in [0.4, 0.5) is 0 Å². The molecule has 0 aromatic heterocycles. The van der Waals surface area contributed by atoms with Gasteiger partial charge in [-0.2, -0.15) is 0 Å². The van der Waals surface area contributed by atoms with Gasteiger partial charge in [0.1, 0.15) is 0 Å². The van der Waals surface area contributed by atoms with Crippen LogP contribution >= 0.6 is 0 Å². The lowest BCUT2D eigenvalue weighted by atomic mass is 9.80. The van der Waals surface area contributed by atoms with E-state index in [1.807, 2.05) is 24.3 Å². The summed E-state index contributed by atoms with van der Waals surface area (Å²) < 4.78 is 22.5. The topological polar surface area (TPSA) is 46.2 Å². The van der Waals surface area contributed by atoms with E-state index in [1.54, 1.807) is 0 Å². The fourth-order valence-electron chi connectivity index (χ4n) is 3.43. The van der Waals surface area contributed by atoms with Crippen LogP contribution in [-0.2, 0) is 22.1 Å². The second-order valence-corrected chi connectivity index (χ2v) is 9.02. The standard InChI is InChI=1S/C17H27NO2S/c1-13-8-14(2)10-17(9-13)18-11-15-4-6-16(7-5-15)12-21(3,19)20/h4-7,13-14,17-18H,8-12H2,1-3H3/t13-,14-/m1/s1. The van der Waals surface area contributed by atoms with Crippen LogP contribution in [-0.4, -0.2) is 20.7 Å². The zero-order valence-corrected chi connectivity index (χ0v) is 14.1. The molecule has 1 aromatic rings. The summed E-state index contributed by atoms with van der Waals surface area (Å²) in [4.78, 5) is 0. The summed E-state index contributed by atoms with van der Waals surface area (Å²) in [6.07, 6.45) is 5.14. The smallest absolute Gasteiger partial charge is 0.151 e. The lowest BCUT2D eigenvalue weighted by molar-refractivity contribution is 0.238. The monoisotopic (exact) mass is 309 g/mol. The highest BCUT2D eigenvalue weighted by Crippen LogP contribution is 2.28. The zero-order chi connectivity index (χ0) is 15.5. The maximum atomic E-state index is 11.3. The predicted octanol–water partition coefficient (Wildman–Crippen LogP) is 3.15. The molecule has 1 saturated carbocycles. The highest BCUT2D eigenvalue weighted by molar-refractivity contribution is 7.89. The van der Waals surface area contributed by atoms with E-state index in [4.69, 9.17) is 0 Å². The molecule has 1 N–H and O–H groups in total. The first-order valence-electron chi connectivity index (χ1n) is 7.81. The molecule has 1 aromatic carbocycles. The van der Waals surface area contributed by atoms with Gasteiger partial charge >= 0.3 is 0 Å². The van der Waals surface area contributed by atoms with Crippen LogP contribution in [0.3, 0.4) is 0 Å². The summed E-state index contributed by atoms with van der Waals surface area (Å²) in [5.74, 6) is 1.74. The van der Waals surface area contributed by atoms with Crippen LogP contribution in [0.5, 0.6) is 0 Å². The van der Waals surface area contributed by atoms with E-state index in [9.17, 15) is 8.42 Å². The third-order valence-corrected chi connectivity index (χ3v) is 5.08. The Labute approximate surface area is 129 Å². The minimum Gasteiger partial charge on any atom is -0.310 e. The Balaban J connectivity index is 1.86. The molecule has 1 aliphatic rings. The maximum absolute atomic E-state index is 11.3. The van der Waals surface area contributed by atoms with Crippen molar-refractivity contribution in [2.75, 3.05) is 6.26 Å². The lowest BCUT2D eigenvalue weighted by Gasteiger charge is -2.32. The van der Waals surface area contributed by atoms with Gasteiger partial charge in [-0.25, -0.2) is 8.42 Å². The number of nitrogens with one attached hydrogen (secondary N) is 1. The number of hydrogen-bond acceptors (Lipinski definition) is 3. The van der Waals surface area contributed by atoms with E-state index in [0.717, 1.165) is 23.9 Å². The van der Waals surface area contributed by atoms with Crippen LogP contribution in [0.25, 0.3) is 0 Å². The molecule has 2 atom stereocenters. The van der Waals surface area contributed by atoms with Crippen molar-refractivity contribution in [1.29, 1.82) is 0 Å². The molecule has 0 bridgehead atoms. The van der Waals surface area contributed by atoms with Gasteiger partial charge in [0.15, 0.2) is 9.84 Å². The summed E-state index contributed by atoms with van der Waals surface area (Å²) in [5.41, 5.74) is 2.08. The Morgan fingerprint density at radius 3 is 2.05 bits per heavy atom.